The van der Waals surface area contributed by atoms with Crippen LogP contribution in [0.1, 0.15) is 13.8 Å². The summed E-state index contributed by atoms with van der Waals surface area (Å²) in [5, 5.41) is 16.6. The van der Waals surface area contributed by atoms with Gasteiger partial charge >= 0.3 is 5.69 Å². The van der Waals surface area contributed by atoms with E-state index in [1.807, 2.05) is 6.92 Å². The summed E-state index contributed by atoms with van der Waals surface area (Å²) >= 11 is 0. The van der Waals surface area contributed by atoms with Crippen LogP contribution in [0.2, 0.25) is 0 Å². The number of nitro groups is 1. The van der Waals surface area contributed by atoms with Gasteiger partial charge in [0.1, 0.15) is 6.33 Å². The number of nitrogens with zero attached hydrogens (tertiary/aromatic N) is 4. The van der Waals surface area contributed by atoms with Gasteiger partial charge < -0.3 is 15.5 Å². The highest BCUT2D eigenvalue weighted by molar-refractivity contribution is 5.82. The molecular formula is C11H18N6O3. The highest BCUT2D eigenvalue weighted by Gasteiger charge is 2.25. The van der Waals surface area contributed by atoms with Gasteiger partial charge in [0.2, 0.25) is 17.5 Å². The van der Waals surface area contributed by atoms with Crippen molar-refractivity contribution in [2.75, 3.05) is 36.9 Å². The van der Waals surface area contributed by atoms with Crippen molar-refractivity contribution in [2.24, 2.45) is 0 Å². The van der Waals surface area contributed by atoms with E-state index in [0.29, 0.717) is 13.1 Å². The number of rotatable bonds is 7. The van der Waals surface area contributed by atoms with Gasteiger partial charge in [-0.05, 0) is 13.8 Å². The Hall–Kier alpha value is -2.45. The smallest absolute Gasteiger partial charge is 0.353 e. The Kier molecular flexibility index (Phi) is 5.63. The van der Waals surface area contributed by atoms with Crippen molar-refractivity contribution in [1.82, 2.24) is 15.3 Å². The Morgan fingerprint density at radius 1 is 1.40 bits per heavy atom. The van der Waals surface area contributed by atoms with E-state index in [2.05, 4.69) is 20.6 Å². The molecule has 0 radical (unpaired) electrons. The molecule has 20 heavy (non-hydrogen) atoms. The summed E-state index contributed by atoms with van der Waals surface area (Å²) in [4.78, 5) is 31.4. The van der Waals surface area contributed by atoms with E-state index >= 15 is 0 Å². The van der Waals surface area contributed by atoms with Crippen LogP contribution in [0.3, 0.4) is 0 Å². The molecule has 0 aliphatic carbocycles. The summed E-state index contributed by atoms with van der Waals surface area (Å²) in [6.07, 6.45) is 1.23. The molecule has 0 aliphatic rings. The second-order valence-electron chi connectivity index (χ2n) is 3.99. The first-order chi connectivity index (χ1) is 9.51. The van der Waals surface area contributed by atoms with Gasteiger partial charge in [-0.3, -0.25) is 14.9 Å². The molecule has 0 aromatic carbocycles. The number of amides is 1. The number of anilines is 2. The van der Waals surface area contributed by atoms with Crippen LogP contribution in [0.15, 0.2) is 6.33 Å². The lowest BCUT2D eigenvalue weighted by Gasteiger charge is -2.18. The lowest BCUT2D eigenvalue weighted by molar-refractivity contribution is -0.383. The molecule has 1 amide bonds. The first kappa shape index (κ1) is 15.6. The van der Waals surface area contributed by atoms with Crippen molar-refractivity contribution in [3.8, 4) is 0 Å². The van der Waals surface area contributed by atoms with Gasteiger partial charge in [-0.25, -0.2) is 9.97 Å². The van der Waals surface area contributed by atoms with Gasteiger partial charge in [0.05, 0.1) is 11.5 Å². The number of carbonyl (C=O) groups is 1. The summed E-state index contributed by atoms with van der Waals surface area (Å²) < 4.78 is 0. The molecule has 1 aromatic rings. The molecule has 1 rings (SSSR count). The van der Waals surface area contributed by atoms with Crippen LogP contribution in [-0.2, 0) is 4.79 Å². The molecule has 9 nitrogen and oxygen atoms in total. The maximum absolute atomic E-state index is 11.5. The number of hydrogen-bond donors (Lipinski definition) is 2. The number of nitrogens with one attached hydrogen (secondary N) is 2. The summed E-state index contributed by atoms with van der Waals surface area (Å²) in [6.45, 7) is 4.59. The Bertz CT molecular complexity index is 493. The first-order valence-electron chi connectivity index (χ1n) is 6.22. The van der Waals surface area contributed by atoms with E-state index in [4.69, 9.17) is 0 Å². The highest BCUT2D eigenvalue weighted by Crippen LogP contribution is 2.30. The van der Waals surface area contributed by atoms with Crippen LogP contribution < -0.4 is 15.5 Å². The Labute approximate surface area is 116 Å². The van der Waals surface area contributed by atoms with Gasteiger partial charge in [-0.1, -0.05) is 0 Å². The molecule has 1 aromatic heterocycles. The molecule has 1 heterocycles. The van der Waals surface area contributed by atoms with Crippen molar-refractivity contribution in [2.45, 2.75) is 13.8 Å². The first-order valence-corrected chi connectivity index (χ1v) is 6.22. The molecule has 0 unspecified atom stereocenters. The topological polar surface area (TPSA) is 113 Å². The number of aromatic nitrogens is 2. The molecule has 0 spiro atoms. The quantitative estimate of drug-likeness (QED) is 0.549. The van der Waals surface area contributed by atoms with Crippen LogP contribution in [0.4, 0.5) is 17.3 Å². The predicted octanol–water partition coefficient (Wildman–Crippen LogP) is 0.389. The SMILES string of the molecule is CCNC(=O)CN(C)c1ncnc(NCC)c1[N+](=O)[O-]. The Balaban J connectivity index is 3.07. The Morgan fingerprint density at radius 3 is 2.65 bits per heavy atom. The van der Waals surface area contributed by atoms with Crippen molar-refractivity contribution in [1.29, 1.82) is 0 Å². The average Bonchev–Trinajstić information content (AvgIpc) is 2.38. The van der Waals surface area contributed by atoms with E-state index < -0.39 is 4.92 Å². The standard InChI is InChI=1S/C11H18N6O3/c1-4-12-8(18)6-16(3)11-9(17(19)20)10(13-5-2)14-7-15-11/h7H,4-6H2,1-3H3,(H,12,18)(H,13,14,15). The van der Waals surface area contributed by atoms with Crippen LogP contribution in [-0.4, -0.2) is 47.5 Å². The van der Waals surface area contributed by atoms with Gasteiger partial charge in [0.15, 0.2) is 0 Å². The zero-order valence-electron chi connectivity index (χ0n) is 11.7. The zero-order valence-corrected chi connectivity index (χ0v) is 11.7. The fourth-order valence-electron chi connectivity index (χ4n) is 1.66. The van der Waals surface area contributed by atoms with E-state index in [-0.39, 0.29) is 29.8 Å². The predicted molar refractivity (Wildman–Crippen MR) is 74.8 cm³/mol. The highest BCUT2D eigenvalue weighted by atomic mass is 16.6. The minimum Gasteiger partial charge on any atom is -0.364 e. The number of hydrogen-bond acceptors (Lipinski definition) is 7. The van der Waals surface area contributed by atoms with E-state index in [9.17, 15) is 14.9 Å². The minimum absolute atomic E-state index is 0.0166. The fourth-order valence-corrected chi connectivity index (χ4v) is 1.66. The maximum atomic E-state index is 11.5. The Morgan fingerprint density at radius 2 is 2.10 bits per heavy atom. The normalized spacial score (nSPS) is 9.95. The molecule has 0 saturated heterocycles. The van der Waals surface area contributed by atoms with Gasteiger partial charge in [0, 0.05) is 20.1 Å². The lowest BCUT2D eigenvalue weighted by atomic mass is 10.3. The third-order valence-corrected chi connectivity index (χ3v) is 2.45. The third-order valence-electron chi connectivity index (χ3n) is 2.45. The largest absolute Gasteiger partial charge is 0.364 e. The van der Waals surface area contributed by atoms with Crippen molar-refractivity contribution >= 4 is 23.2 Å². The van der Waals surface area contributed by atoms with Gasteiger partial charge in [0.25, 0.3) is 0 Å². The average molecular weight is 282 g/mol. The molecule has 110 valence electrons. The second-order valence-corrected chi connectivity index (χ2v) is 3.99. The second kappa shape index (κ2) is 7.22. The molecule has 0 saturated carbocycles. The molecule has 0 atom stereocenters. The van der Waals surface area contributed by atoms with Crippen LogP contribution in [0.25, 0.3) is 0 Å². The van der Waals surface area contributed by atoms with Crippen LogP contribution in [0, 0.1) is 10.1 Å². The molecule has 2 N–H and O–H groups in total. The summed E-state index contributed by atoms with van der Waals surface area (Å²) in [7, 11) is 1.57. The fraction of sp³-hybridized carbons (Fsp3) is 0.545. The monoisotopic (exact) mass is 282 g/mol. The number of likely N-dealkylation sites (N-methyl/N-ethyl adjacent to an activating group) is 2. The summed E-state index contributed by atoms with van der Waals surface area (Å²) in [5.74, 6) is 0.0189. The number of carbonyl (C=O) groups excluding carboxylic acids is 1. The molecule has 0 fully saturated rings. The molecule has 0 bridgehead atoms. The van der Waals surface area contributed by atoms with E-state index in [1.54, 1.807) is 14.0 Å². The van der Waals surface area contributed by atoms with Crippen molar-refractivity contribution in [3.63, 3.8) is 0 Å². The lowest BCUT2D eigenvalue weighted by Crippen LogP contribution is -2.35. The van der Waals surface area contributed by atoms with Crippen molar-refractivity contribution < 1.29 is 9.72 Å². The molecule has 0 aliphatic heterocycles. The molecular weight excluding hydrogens is 264 g/mol. The van der Waals surface area contributed by atoms with Gasteiger partial charge in [-0.2, -0.15) is 0 Å². The van der Waals surface area contributed by atoms with Crippen molar-refractivity contribution in [3.05, 3.63) is 16.4 Å². The maximum Gasteiger partial charge on any atom is 0.353 e. The minimum atomic E-state index is -0.554. The summed E-state index contributed by atoms with van der Waals surface area (Å²) in [6, 6.07) is 0. The van der Waals surface area contributed by atoms with Gasteiger partial charge in [-0.15, -0.1) is 0 Å². The zero-order chi connectivity index (χ0) is 15.1. The summed E-state index contributed by atoms with van der Waals surface area (Å²) in [5.41, 5.74) is -0.235. The van der Waals surface area contributed by atoms with E-state index in [0.717, 1.165) is 0 Å². The van der Waals surface area contributed by atoms with Crippen LogP contribution >= 0.6 is 0 Å². The molecule has 9 heteroatoms. The van der Waals surface area contributed by atoms with E-state index in [1.165, 1.54) is 11.2 Å². The third kappa shape index (κ3) is 3.77. The van der Waals surface area contributed by atoms with Crippen LogP contribution in [0.5, 0.6) is 0 Å².